The Morgan fingerprint density at radius 2 is 1.96 bits per heavy atom. The Hall–Kier alpha value is -2.14. The number of hydrogen-bond donors (Lipinski definition) is 1. The lowest BCUT2D eigenvalue weighted by Crippen LogP contribution is -2.31. The Morgan fingerprint density at radius 3 is 2.52 bits per heavy atom. The molecule has 0 aliphatic heterocycles. The van der Waals surface area contributed by atoms with Crippen molar-refractivity contribution < 1.29 is 14.3 Å². The van der Waals surface area contributed by atoms with Crippen LogP contribution >= 0.6 is 11.3 Å². The summed E-state index contributed by atoms with van der Waals surface area (Å²) in [5.41, 5.74) is 1.51. The summed E-state index contributed by atoms with van der Waals surface area (Å²) in [5, 5.41) is 5.06. The molecule has 0 aliphatic carbocycles. The molecule has 0 saturated heterocycles. The molecule has 4 nitrogen and oxygen atoms in total. The van der Waals surface area contributed by atoms with Gasteiger partial charge in [-0.3, -0.25) is 9.59 Å². The molecule has 1 unspecified atom stereocenters. The minimum absolute atomic E-state index is 0.00896. The van der Waals surface area contributed by atoms with Gasteiger partial charge in [0.2, 0.25) is 5.91 Å². The zero-order chi connectivity index (χ0) is 18.4. The minimum atomic E-state index is -0.0911. The van der Waals surface area contributed by atoms with Gasteiger partial charge in [-0.05, 0) is 48.1 Å². The predicted molar refractivity (Wildman–Crippen MR) is 101 cm³/mol. The van der Waals surface area contributed by atoms with Gasteiger partial charge < -0.3 is 10.1 Å². The quantitative estimate of drug-likeness (QED) is 0.704. The van der Waals surface area contributed by atoms with Crippen LogP contribution in [-0.2, 0) is 4.79 Å². The summed E-state index contributed by atoms with van der Waals surface area (Å²) >= 11 is 1.63. The number of carbonyl (C=O) groups is 2. The van der Waals surface area contributed by atoms with Crippen LogP contribution in [0.4, 0.5) is 0 Å². The number of ether oxygens (including phenoxy) is 1. The van der Waals surface area contributed by atoms with E-state index in [1.54, 1.807) is 30.6 Å². The Balaban J connectivity index is 1.94. The number of hydrogen-bond acceptors (Lipinski definition) is 4. The average Bonchev–Trinajstić information content (AvgIpc) is 3.11. The number of aryl methyl sites for hydroxylation is 1. The maximum absolute atomic E-state index is 12.4. The second-order valence-electron chi connectivity index (χ2n) is 6.41. The van der Waals surface area contributed by atoms with E-state index >= 15 is 0 Å². The third-order valence-electron chi connectivity index (χ3n) is 4.15. The standard InChI is InChI=1S/C20H25NO3S/c1-13(2)20(18-6-5-11-25-18)21-19(23)10-9-17(22)16-8-7-15(24-4)12-14(16)3/h5-8,11-13,20H,9-10H2,1-4H3,(H,21,23). The van der Waals surface area contributed by atoms with Crippen molar-refractivity contribution in [3.63, 3.8) is 0 Å². The number of Topliss-reactive ketones (excluding diaryl/α,β-unsaturated/α-hetero) is 1. The van der Waals surface area contributed by atoms with Gasteiger partial charge in [0.15, 0.2) is 5.78 Å². The van der Waals surface area contributed by atoms with E-state index in [2.05, 4.69) is 19.2 Å². The lowest BCUT2D eigenvalue weighted by atomic mass is 10.00. The maximum atomic E-state index is 12.4. The Labute approximate surface area is 153 Å². The van der Waals surface area contributed by atoms with E-state index in [0.717, 1.165) is 16.2 Å². The fraction of sp³-hybridized carbons (Fsp3) is 0.400. The largest absolute Gasteiger partial charge is 0.497 e. The molecule has 134 valence electrons. The molecule has 0 saturated carbocycles. The van der Waals surface area contributed by atoms with E-state index in [1.807, 2.05) is 30.5 Å². The van der Waals surface area contributed by atoms with Crippen LogP contribution in [0.2, 0.25) is 0 Å². The zero-order valence-electron chi connectivity index (χ0n) is 15.2. The van der Waals surface area contributed by atoms with E-state index in [9.17, 15) is 9.59 Å². The van der Waals surface area contributed by atoms with Crippen molar-refractivity contribution in [2.75, 3.05) is 7.11 Å². The maximum Gasteiger partial charge on any atom is 0.220 e. The van der Waals surface area contributed by atoms with Crippen LogP contribution in [-0.4, -0.2) is 18.8 Å². The predicted octanol–water partition coefficient (Wildman–Crippen LogP) is 4.54. The summed E-state index contributed by atoms with van der Waals surface area (Å²) in [6, 6.07) is 9.37. The van der Waals surface area contributed by atoms with Gasteiger partial charge in [0, 0.05) is 23.3 Å². The van der Waals surface area contributed by atoms with Crippen LogP contribution < -0.4 is 10.1 Å². The third-order valence-corrected chi connectivity index (χ3v) is 5.10. The summed E-state index contributed by atoms with van der Waals surface area (Å²) in [6.45, 7) is 6.04. The molecule has 0 spiro atoms. The number of thiophene rings is 1. The molecule has 1 aromatic carbocycles. The van der Waals surface area contributed by atoms with Crippen molar-refractivity contribution in [3.05, 3.63) is 51.7 Å². The molecule has 0 bridgehead atoms. The number of carbonyl (C=O) groups excluding carboxylic acids is 2. The van der Waals surface area contributed by atoms with E-state index in [-0.39, 0.29) is 30.6 Å². The molecular formula is C20H25NO3S. The van der Waals surface area contributed by atoms with Crippen LogP contribution in [0.5, 0.6) is 5.75 Å². The first kappa shape index (κ1) is 19.2. The van der Waals surface area contributed by atoms with Gasteiger partial charge in [-0.15, -0.1) is 11.3 Å². The highest BCUT2D eigenvalue weighted by Gasteiger charge is 2.20. The zero-order valence-corrected chi connectivity index (χ0v) is 16.0. The third kappa shape index (κ3) is 5.16. The first-order chi connectivity index (χ1) is 11.9. The van der Waals surface area contributed by atoms with Crippen LogP contribution in [0, 0.1) is 12.8 Å². The first-order valence-electron chi connectivity index (χ1n) is 8.43. The number of benzene rings is 1. The van der Waals surface area contributed by atoms with E-state index < -0.39 is 0 Å². The first-order valence-corrected chi connectivity index (χ1v) is 9.31. The summed E-state index contributed by atoms with van der Waals surface area (Å²) < 4.78 is 5.16. The topological polar surface area (TPSA) is 55.4 Å². The molecule has 1 heterocycles. The normalized spacial score (nSPS) is 12.0. The Morgan fingerprint density at radius 1 is 1.20 bits per heavy atom. The summed E-state index contributed by atoms with van der Waals surface area (Å²) in [4.78, 5) is 25.8. The lowest BCUT2D eigenvalue weighted by Gasteiger charge is -2.21. The van der Waals surface area contributed by atoms with Crippen molar-refractivity contribution in [2.45, 2.75) is 39.7 Å². The molecule has 25 heavy (non-hydrogen) atoms. The van der Waals surface area contributed by atoms with Crippen molar-refractivity contribution in [3.8, 4) is 5.75 Å². The van der Waals surface area contributed by atoms with Crippen molar-refractivity contribution >= 4 is 23.0 Å². The average molecular weight is 359 g/mol. The molecule has 0 aliphatic rings. The highest BCUT2D eigenvalue weighted by molar-refractivity contribution is 7.10. The molecular weight excluding hydrogens is 334 g/mol. The SMILES string of the molecule is COc1ccc(C(=O)CCC(=O)NC(c2cccs2)C(C)C)c(C)c1. The van der Waals surface area contributed by atoms with Gasteiger partial charge >= 0.3 is 0 Å². The molecule has 1 atom stereocenters. The smallest absolute Gasteiger partial charge is 0.220 e. The Kier molecular flexibility index (Phi) is 6.76. The monoisotopic (exact) mass is 359 g/mol. The number of nitrogens with one attached hydrogen (secondary N) is 1. The van der Waals surface area contributed by atoms with Crippen LogP contribution in [0.3, 0.4) is 0 Å². The summed E-state index contributed by atoms with van der Waals surface area (Å²) in [5.74, 6) is 0.906. The van der Waals surface area contributed by atoms with Gasteiger partial charge in [-0.1, -0.05) is 19.9 Å². The second kappa shape index (κ2) is 8.81. The molecule has 1 aromatic heterocycles. The van der Waals surface area contributed by atoms with Gasteiger partial charge in [-0.25, -0.2) is 0 Å². The van der Waals surface area contributed by atoms with Crippen LogP contribution in [0.15, 0.2) is 35.7 Å². The fourth-order valence-corrected chi connectivity index (χ4v) is 3.67. The lowest BCUT2D eigenvalue weighted by molar-refractivity contribution is -0.122. The van der Waals surface area contributed by atoms with Crippen molar-refractivity contribution in [1.82, 2.24) is 5.32 Å². The van der Waals surface area contributed by atoms with Crippen molar-refractivity contribution in [2.24, 2.45) is 5.92 Å². The van der Waals surface area contributed by atoms with Crippen LogP contribution in [0.25, 0.3) is 0 Å². The Bertz CT molecular complexity index is 723. The molecule has 0 fully saturated rings. The highest BCUT2D eigenvalue weighted by Crippen LogP contribution is 2.26. The second-order valence-corrected chi connectivity index (χ2v) is 7.39. The van der Waals surface area contributed by atoms with E-state index in [4.69, 9.17) is 4.74 Å². The van der Waals surface area contributed by atoms with E-state index in [1.165, 1.54) is 0 Å². The summed E-state index contributed by atoms with van der Waals surface area (Å²) in [6.07, 6.45) is 0.396. The molecule has 1 N–H and O–H groups in total. The molecule has 2 rings (SSSR count). The van der Waals surface area contributed by atoms with Gasteiger partial charge in [0.1, 0.15) is 5.75 Å². The van der Waals surface area contributed by atoms with Gasteiger partial charge in [-0.2, -0.15) is 0 Å². The summed E-state index contributed by atoms with van der Waals surface area (Å²) in [7, 11) is 1.60. The van der Waals surface area contributed by atoms with E-state index in [0.29, 0.717) is 11.5 Å². The van der Waals surface area contributed by atoms with Gasteiger partial charge in [0.05, 0.1) is 13.2 Å². The molecule has 0 radical (unpaired) electrons. The van der Waals surface area contributed by atoms with Crippen LogP contribution in [0.1, 0.15) is 53.5 Å². The highest BCUT2D eigenvalue weighted by atomic mass is 32.1. The number of ketones is 1. The number of amides is 1. The molecule has 2 aromatic rings. The van der Waals surface area contributed by atoms with Crippen molar-refractivity contribution in [1.29, 1.82) is 0 Å². The van der Waals surface area contributed by atoms with Gasteiger partial charge in [0.25, 0.3) is 0 Å². The number of methoxy groups -OCH3 is 1. The minimum Gasteiger partial charge on any atom is -0.497 e. The fourth-order valence-electron chi connectivity index (χ4n) is 2.72. The number of rotatable bonds is 8. The molecule has 1 amide bonds. The molecule has 5 heteroatoms.